The molecule has 0 bridgehead atoms. The Morgan fingerprint density at radius 2 is 1.92 bits per heavy atom. The van der Waals surface area contributed by atoms with Gasteiger partial charge in [0.25, 0.3) is 6.47 Å². The molecule has 39 heavy (non-hydrogen) atoms. The first-order chi connectivity index (χ1) is 18.7. The topological polar surface area (TPSA) is 118 Å². The third-order valence-electron chi connectivity index (χ3n) is 7.21. The zero-order valence-corrected chi connectivity index (χ0v) is 22.7. The maximum absolute atomic E-state index is 11.9. The van der Waals surface area contributed by atoms with E-state index in [1.807, 2.05) is 38.2 Å². The summed E-state index contributed by atoms with van der Waals surface area (Å²) in [4.78, 5) is 22.7. The number of aromatic nitrogens is 3. The van der Waals surface area contributed by atoms with Gasteiger partial charge in [-0.3, -0.25) is 14.5 Å². The molecule has 4 aromatic rings. The summed E-state index contributed by atoms with van der Waals surface area (Å²) in [5.74, 6) is -0.148. The van der Waals surface area contributed by atoms with E-state index >= 15 is 0 Å². The molecule has 1 aliphatic heterocycles. The van der Waals surface area contributed by atoms with E-state index in [9.17, 15) is 9.90 Å². The van der Waals surface area contributed by atoms with Crippen molar-refractivity contribution in [1.29, 1.82) is 0 Å². The van der Waals surface area contributed by atoms with Gasteiger partial charge in [0.2, 0.25) is 0 Å². The lowest BCUT2D eigenvalue weighted by Crippen LogP contribution is -2.30. The maximum Gasteiger partial charge on any atom is 0.304 e. The lowest BCUT2D eigenvalue weighted by molar-refractivity contribution is -0.137. The van der Waals surface area contributed by atoms with E-state index in [-0.39, 0.29) is 24.9 Å². The summed E-state index contributed by atoms with van der Waals surface area (Å²) >= 11 is 0. The van der Waals surface area contributed by atoms with E-state index in [1.165, 1.54) is 16.7 Å². The van der Waals surface area contributed by atoms with Crippen LogP contribution in [-0.4, -0.2) is 55.2 Å². The quantitative estimate of drug-likeness (QED) is 0.345. The predicted molar refractivity (Wildman–Crippen MR) is 148 cm³/mol. The summed E-state index contributed by atoms with van der Waals surface area (Å²) in [6, 6.07) is 18.6. The van der Waals surface area contributed by atoms with Gasteiger partial charge in [0, 0.05) is 38.2 Å². The second-order valence-corrected chi connectivity index (χ2v) is 10.0. The number of hydrogen-bond donors (Lipinski definition) is 2. The fourth-order valence-corrected chi connectivity index (χ4v) is 5.32. The number of fused-ring (bicyclic) bond motifs is 2. The zero-order chi connectivity index (χ0) is 28.1. The van der Waals surface area contributed by atoms with Gasteiger partial charge in [-0.25, -0.2) is 4.68 Å². The Bertz CT molecular complexity index is 1480. The average Bonchev–Trinajstić information content (AvgIpc) is 3.18. The van der Waals surface area contributed by atoms with Crippen LogP contribution in [0.1, 0.15) is 52.6 Å². The van der Waals surface area contributed by atoms with E-state index < -0.39 is 5.97 Å². The fourth-order valence-electron chi connectivity index (χ4n) is 5.32. The van der Waals surface area contributed by atoms with Gasteiger partial charge in [-0.15, -0.1) is 5.10 Å². The molecule has 1 unspecified atom stereocenters. The van der Waals surface area contributed by atoms with Crippen LogP contribution in [0.5, 0.6) is 5.75 Å². The lowest BCUT2D eigenvalue weighted by atomic mass is 9.84. The molecule has 0 aliphatic carbocycles. The molecule has 0 saturated carbocycles. The molecule has 0 amide bonds. The molecule has 2 N–H and O–H groups in total. The Kier molecular flexibility index (Phi) is 8.61. The minimum atomic E-state index is -0.823. The maximum atomic E-state index is 11.9. The van der Waals surface area contributed by atoms with Crippen molar-refractivity contribution < 1.29 is 24.5 Å². The highest BCUT2D eigenvalue weighted by atomic mass is 16.5. The van der Waals surface area contributed by atoms with E-state index in [0.717, 1.165) is 53.1 Å². The third-order valence-corrected chi connectivity index (χ3v) is 7.21. The first kappa shape index (κ1) is 27.8. The number of carboxylic acids is 1. The van der Waals surface area contributed by atoms with Gasteiger partial charge >= 0.3 is 5.97 Å². The van der Waals surface area contributed by atoms with Gasteiger partial charge in [0.05, 0.1) is 11.9 Å². The lowest BCUT2D eigenvalue weighted by Gasteiger charge is -2.24. The van der Waals surface area contributed by atoms with E-state index in [0.29, 0.717) is 0 Å². The summed E-state index contributed by atoms with van der Waals surface area (Å²) < 4.78 is 7.89. The van der Waals surface area contributed by atoms with Gasteiger partial charge in [-0.1, -0.05) is 47.7 Å². The van der Waals surface area contributed by atoms with Crippen molar-refractivity contribution in [3.05, 3.63) is 88.0 Å². The molecular weight excluding hydrogens is 496 g/mol. The van der Waals surface area contributed by atoms with Crippen LogP contribution in [0.25, 0.3) is 11.0 Å². The van der Waals surface area contributed by atoms with Crippen molar-refractivity contribution in [3.8, 4) is 5.75 Å². The monoisotopic (exact) mass is 530 g/mol. The van der Waals surface area contributed by atoms with E-state index in [2.05, 4.69) is 59.4 Å². The van der Waals surface area contributed by atoms with Crippen molar-refractivity contribution in [1.82, 2.24) is 19.9 Å². The van der Waals surface area contributed by atoms with Crippen LogP contribution in [0.3, 0.4) is 0 Å². The largest absolute Gasteiger partial charge is 0.489 e. The predicted octanol–water partition coefficient (Wildman–Crippen LogP) is 4.68. The van der Waals surface area contributed by atoms with Gasteiger partial charge in [0.1, 0.15) is 17.4 Å². The first-order valence-corrected chi connectivity index (χ1v) is 12.9. The SMILES string of the molecule is Cc1ccc(C(CC(=O)O)c2ccc3c(nnn3C)c2C)cc1CN1Cc2ccccc2O[C@H](C)C1.O=CO. The van der Waals surface area contributed by atoms with Gasteiger partial charge in [0.15, 0.2) is 0 Å². The Morgan fingerprint density at radius 3 is 2.67 bits per heavy atom. The number of para-hydroxylation sites is 1. The van der Waals surface area contributed by atoms with Crippen LogP contribution < -0.4 is 4.74 Å². The molecule has 3 aromatic carbocycles. The molecule has 9 nitrogen and oxygen atoms in total. The second kappa shape index (κ2) is 12.1. The summed E-state index contributed by atoms with van der Waals surface area (Å²) in [6.45, 7) is 8.38. The summed E-state index contributed by atoms with van der Waals surface area (Å²) in [7, 11) is 1.86. The minimum Gasteiger partial charge on any atom is -0.489 e. The van der Waals surface area contributed by atoms with Gasteiger partial charge < -0.3 is 14.9 Å². The number of rotatable bonds is 6. The standard InChI is InChI=1S/C29H32N4O3.CH2O2/c1-18-9-10-21(13-23(18)17-33-15-19(2)36-27-8-6-5-7-22(27)16-33)25(14-28(34)35)24-11-12-26-29(20(24)3)30-31-32(26)4;2-1-3/h5-13,19,25H,14-17H2,1-4H3,(H,34,35);1H,(H,2,3)/t19-,25?;/m1./s1. The number of carboxylic acid groups (broad SMARTS) is 2. The molecule has 1 aliphatic rings. The van der Waals surface area contributed by atoms with E-state index in [1.54, 1.807) is 4.68 Å². The number of benzene rings is 3. The Balaban J connectivity index is 0.00000112. The second-order valence-electron chi connectivity index (χ2n) is 10.0. The van der Waals surface area contributed by atoms with Crippen LogP contribution in [0.15, 0.2) is 54.6 Å². The molecule has 0 radical (unpaired) electrons. The summed E-state index contributed by atoms with van der Waals surface area (Å²) in [5, 5.41) is 25.2. The van der Waals surface area contributed by atoms with Crippen molar-refractivity contribution in [2.24, 2.45) is 7.05 Å². The van der Waals surface area contributed by atoms with Crippen LogP contribution in [0, 0.1) is 13.8 Å². The van der Waals surface area contributed by atoms with Gasteiger partial charge in [-0.05, 0) is 60.7 Å². The molecule has 5 rings (SSSR count). The summed E-state index contributed by atoms with van der Waals surface area (Å²) in [5.41, 5.74) is 8.29. The Morgan fingerprint density at radius 1 is 1.18 bits per heavy atom. The number of nitrogens with zero attached hydrogens (tertiary/aromatic N) is 4. The molecule has 204 valence electrons. The molecule has 9 heteroatoms. The third kappa shape index (κ3) is 6.26. The summed E-state index contributed by atoms with van der Waals surface area (Å²) in [6.07, 6.45) is 0.0927. The van der Waals surface area contributed by atoms with Crippen LogP contribution in [0.4, 0.5) is 0 Å². The highest BCUT2D eigenvalue weighted by Crippen LogP contribution is 2.35. The molecule has 1 aromatic heterocycles. The highest BCUT2D eigenvalue weighted by Gasteiger charge is 2.24. The molecule has 2 atom stereocenters. The zero-order valence-electron chi connectivity index (χ0n) is 22.7. The number of carbonyl (C=O) groups is 2. The molecule has 0 saturated heterocycles. The van der Waals surface area contributed by atoms with Crippen molar-refractivity contribution in [3.63, 3.8) is 0 Å². The van der Waals surface area contributed by atoms with Crippen molar-refractivity contribution in [2.45, 2.75) is 52.3 Å². The van der Waals surface area contributed by atoms with Crippen LogP contribution in [0.2, 0.25) is 0 Å². The van der Waals surface area contributed by atoms with E-state index in [4.69, 9.17) is 14.6 Å². The molecule has 0 spiro atoms. The normalized spacial score (nSPS) is 15.8. The Hall–Kier alpha value is -4.24. The van der Waals surface area contributed by atoms with Crippen molar-refractivity contribution in [2.75, 3.05) is 6.54 Å². The van der Waals surface area contributed by atoms with Crippen LogP contribution in [-0.2, 0) is 29.7 Å². The molecule has 0 fully saturated rings. The number of hydrogen-bond acceptors (Lipinski definition) is 6. The minimum absolute atomic E-state index is 0.0110. The van der Waals surface area contributed by atoms with Gasteiger partial charge in [-0.2, -0.15) is 0 Å². The first-order valence-electron chi connectivity index (χ1n) is 12.9. The number of aliphatic carboxylic acids is 1. The number of ether oxygens (including phenoxy) is 1. The fraction of sp³-hybridized carbons (Fsp3) is 0.333. The molecular formula is C30H34N4O5. The average molecular weight is 531 g/mol. The Labute approximate surface area is 227 Å². The highest BCUT2D eigenvalue weighted by molar-refractivity contribution is 5.80. The van der Waals surface area contributed by atoms with Crippen molar-refractivity contribution >= 4 is 23.5 Å². The molecule has 2 heterocycles. The number of aryl methyl sites for hydroxylation is 3. The smallest absolute Gasteiger partial charge is 0.304 e. The van der Waals surface area contributed by atoms with Crippen LogP contribution >= 0.6 is 0 Å².